The van der Waals surface area contributed by atoms with Crippen molar-refractivity contribution in [3.8, 4) is 5.75 Å². The molecule has 2 aromatic rings. The number of aromatic amines is 1. The summed E-state index contributed by atoms with van der Waals surface area (Å²) >= 11 is 0. The molecule has 0 unspecified atom stereocenters. The number of H-pyrrole nitrogens is 1. The van der Waals surface area contributed by atoms with Crippen molar-refractivity contribution in [3.63, 3.8) is 0 Å². The third kappa shape index (κ3) is 2.20. The highest BCUT2D eigenvalue weighted by molar-refractivity contribution is 5.90. The van der Waals surface area contributed by atoms with E-state index in [1.165, 1.54) is 11.3 Å². The molecule has 20 heavy (non-hydrogen) atoms. The Morgan fingerprint density at radius 2 is 2.40 bits per heavy atom. The van der Waals surface area contributed by atoms with Crippen molar-refractivity contribution in [3.05, 3.63) is 29.5 Å². The van der Waals surface area contributed by atoms with E-state index in [-0.39, 0.29) is 6.04 Å². The van der Waals surface area contributed by atoms with Crippen LogP contribution in [0.4, 0.5) is 0 Å². The van der Waals surface area contributed by atoms with Gasteiger partial charge in [-0.3, -0.25) is 0 Å². The molecule has 0 amide bonds. The number of rotatable bonds is 4. The summed E-state index contributed by atoms with van der Waals surface area (Å²) in [7, 11) is 1.68. The molecule has 3 rings (SSSR count). The van der Waals surface area contributed by atoms with Gasteiger partial charge in [-0.05, 0) is 56.9 Å². The van der Waals surface area contributed by atoms with E-state index in [1.807, 2.05) is 12.1 Å². The van der Waals surface area contributed by atoms with E-state index in [0.29, 0.717) is 6.54 Å². The maximum absolute atomic E-state index is 7.75. The fraction of sp³-hybridized carbons (Fsp3) is 0.529. The molecule has 0 aliphatic carbocycles. The molecule has 0 radical (unpaired) electrons. The third-order valence-electron chi connectivity index (χ3n) is 4.37. The fourth-order valence-corrected chi connectivity index (χ4v) is 3.32. The first kappa shape index (κ1) is 10.3. The van der Waals surface area contributed by atoms with Crippen LogP contribution in [0.3, 0.4) is 0 Å². The Bertz CT molecular complexity index is 693. The van der Waals surface area contributed by atoms with Crippen LogP contribution in [0.2, 0.25) is 0 Å². The van der Waals surface area contributed by atoms with E-state index >= 15 is 0 Å². The van der Waals surface area contributed by atoms with Crippen LogP contribution >= 0.6 is 0 Å². The average Bonchev–Trinajstić information content (AvgIpc) is 3.11. The number of ether oxygens (including phenoxy) is 1. The molecule has 0 bridgehead atoms. The van der Waals surface area contributed by atoms with Gasteiger partial charge in [-0.25, -0.2) is 0 Å². The third-order valence-corrected chi connectivity index (χ3v) is 4.37. The zero-order valence-corrected chi connectivity index (χ0v) is 12.2. The summed E-state index contributed by atoms with van der Waals surface area (Å²) in [6.07, 6.45) is 3.53. The summed E-state index contributed by atoms with van der Waals surface area (Å²) in [5.41, 5.74) is 3.46. The number of fused-ring (bicyclic) bond motifs is 1. The molecule has 2 heterocycles. The molecule has 0 spiro atoms. The lowest BCUT2D eigenvalue weighted by Crippen LogP contribution is -2.27. The molecule has 3 heteroatoms. The maximum atomic E-state index is 7.75. The molecule has 1 N–H and O–H groups in total. The van der Waals surface area contributed by atoms with E-state index in [2.05, 4.69) is 18.0 Å². The smallest absolute Gasteiger partial charge is 0.128 e. The number of likely N-dealkylation sites (N-methyl/N-ethyl adjacent to an activating group) is 1. The van der Waals surface area contributed by atoms with Crippen molar-refractivity contribution in [2.75, 3.05) is 20.6 Å². The minimum Gasteiger partial charge on any atom is -0.496 e. The van der Waals surface area contributed by atoms with Gasteiger partial charge in [0.05, 0.1) is 7.11 Å². The number of nitrogens with one attached hydrogen (secondary N) is 1. The molecule has 0 saturated carbocycles. The first-order valence-electron chi connectivity index (χ1n) is 8.89. The molecule has 108 valence electrons. The van der Waals surface area contributed by atoms with Gasteiger partial charge in [-0.15, -0.1) is 0 Å². The Labute approximate surface area is 125 Å². The van der Waals surface area contributed by atoms with Gasteiger partial charge in [0.1, 0.15) is 5.75 Å². The van der Waals surface area contributed by atoms with Gasteiger partial charge in [0, 0.05) is 26.8 Å². The number of hydrogen-bond donors (Lipinski definition) is 1. The van der Waals surface area contributed by atoms with E-state index in [4.69, 9.17) is 8.85 Å². The summed E-state index contributed by atoms with van der Waals surface area (Å²) in [5.74, 6) is 0.854. The number of methoxy groups -OCH3 is 1. The highest BCUT2D eigenvalue weighted by Gasteiger charge is 2.24. The van der Waals surface area contributed by atoms with Crippen LogP contribution in [0.25, 0.3) is 10.9 Å². The van der Waals surface area contributed by atoms with Crippen LogP contribution in [0.5, 0.6) is 5.75 Å². The first-order chi connectivity index (χ1) is 11.0. The molecule has 1 aromatic heterocycles. The van der Waals surface area contributed by atoms with Crippen molar-refractivity contribution in [2.24, 2.45) is 0 Å². The van der Waals surface area contributed by atoms with Gasteiger partial charge in [-0.1, -0.05) is 13.0 Å². The largest absolute Gasteiger partial charge is 0.496 e. The lowest BCUT2D eigenvalue weighted by atomic mass is 9.99. The van der Waals surface area contributed by atoms with Gasteiger partial charge in [-0.2, -0.15) is 0 Å². The number of aryl methyl sites for hydroxylation is 1. The fourth-order valence-electron chi connectivity index (χ4n) is 3.32. The number of benzene rings is 1. The molecule has 1 aromatic carbocycles. The highest BCUT2D eigenvalue weighted by Crippen LogP contribution is 2.34. The maximum Gasteiger partial charge on any atom is 0.128 e. The quantitative estimate of drug-likeness (QED) is 0.926. The highest BCUT2D eigenvalue weighted by atomic mass is 16.5. The van der Waals surface area contributed by atoms with E-state index in [1.54, 1.807) is 12.0 Å². The summed E-state index contributed by atoms with van der Waals surface area (Å²) in [6, 6.07) is 6.06. The minimum atomic E-state index is -2.01. The van der Waals surface area contributed by atoms with Crippen molar-refractivity contribution in [1.82, 2.24) is 9.88 Å². The zero-order valence-electron chi connectivity index (χ0n) is 15.2. The predicted octanol–water partition coefficient (Wildman–Crippen LogP) is 3.38. The van der Waals surface area contributed by atoms with Gasteiger partial charge >= 0.3 is 0 Å². The van der Waals surface area contributed by atoms with Crippen molar-refractivity contribution < 1.29 is 8.85 Å². The second kappa shape index (κ2) is 5.49. The van der Waals surface area contributed by atoms with Gasteiger partial charge in [0.15, 0.2) is 0 Å². The second-order valence-corrected chi connectivity index (χ2v) is 5.51. The number of nitrogens with zero attached hydrogens (tertiary/aromatic N) is 1. The SMILES string of the molecule is [2H]C([2H])([2H])N1CCC[C@@H]1Cc1c(CC)[nH]c2cccc(OC)c12. The molecule has 1 atom stereocenters. The normalized spacial score (nSPS) is 22.7. The van der Waals surface area contributed by atoms with Crippen LogP contribution < -0.4 is 4.74 Å². The van der Waals surface area contributed by atoms with Crippen molar-refractivity contribution in [2.45, 2.75) is 38.6 Å². The number of hydrogen-bond acceptors (Lipinski definition) is 2. The molecule has 1 fully saturated rings. The van der Waals surface area contributed by atoms with Gasteiger partial charge < -0.3 is 14.6 Å². The Balaban J connectivity index is 2.02. The molecule has 1 aliphatic heterocycles. The number of likely N-dealkylation sites (tertiary alicyclic amines) is 1. The predicted molar refractivity (Wildman–Crippen MR) is 83.6 cm³/mol. The molecule has 3 nitrogen and oxygen atoms in total. The van der Waals surface area contributed by atoms with Crippen LogP contribution in [-0.4, -0.2) is 36.6 Å². The molecule has 1 aliphatic rings. The summed E-state index contributed by atoms with van der Waals surface area (Å²) in [6.45, 7) is 0.767. The Morgan fingerprint density at radius 3 is 3.15 bits per heavy atom. The van der Waals surface area contributed by atoms with Crippen LogP contribution in [0.1, 0.15) is 35.1 Å². The Kier molecular flexibility index (Phi) is 2.82. The van der Waals surface area contributed by atoms with Crippen LogP contribution in [-0.2, 0) is 12.8 Å². The lowest BCUT2D eigenvalue weighted by molar-refractivity contribution is 0.309. The Morgan fingerprint density at radius 1 is 1.50 bits per heavy atom. The standard InChI is InChI=1S/C17H24N2O/c1-4-14-13(11-12-7-6-10-19(12)2)17-15(18-14)8-5-9-16(17)20-3/h5,8-9,12,18H,4,6-7,10-11H2,1-3H3/t12-/m1/s1/i2D3. The molecular weight excluding hydrogens is 248 g/mol. The van der Waals surface area contributed by atoms with Crippen molar-refractivity contribution >= 4 is 10.9 Å². The second-order valence-electron chi connectivity index (χ2n) is 5.51. The lowest BCUT2D eigenvalue weighted by Gasteiger charge is -2.20. The first-order valence-corrected chi connectivity index (χ1v) is 7.39. The van der Waals surface area contributed by atoms with E-state index < -0.39 is 6.98 Å². The molecular formula is C17H24N2O. The van der Waals surface area contributed by atoms with Gasteiger partial charge in [0.2, 0.25) is 0 Å². The van der Waals surface area contributed by atoms with Crippen molar-refractivity contribution in [1.29, 1.82) is 0 Å². The zero-order chi connectivity index (χ0) is 16.6. The monoisotopic (exact) mass is 275 g/mol. The number of aromatic nitrogens is 1. The van der Waals surface area contributed by atoms with Crippen LogP contribution in [0.15, 0.2) is 18.2 Å². The summed E-state index contributed by atoms with van der Waals surface area (Å²) < 4.78 is 28.8. The molecule has 1 saturated heterocycles. The van der Waals surface area contributed by atoms with Gasteiger partial charge in [0.25, 0.3) is 0 Å². The van der Waals surface area contributed by atoms with Crippen LogP contribution in [0, 0.1) is 0 Å². The van der Waals surface area contributed by atoms with E-state index in [9.17, 15) is 0 Å². The van der Waals surface area contributed by atoms with E-state index in [0.717, 1.165) is 42.3 Å². The summed E-state index contributed by atoms with van der Waals surface area (Å²) in [5, 5.41) is 1.10. The summed E-state index contributed by atoms with van der Waals surface area (Å²) in [4.78, 5) is 5.16. The topological polar surface area (TPSA) is 28.3 Å². The minimum absolute atomic E-state index is 0.0664. The Hall–Kier alpha value is -1.48. The average molecular weight is 275 g/mol.